The Kier molecular flexibility index (Phi) is 4.49. The van der Waals surface area contributed by atoms with Crippen molar-refractivity contribution in [1.82, 2.24) is 15.0 Å². The molecule has 0 atom stereocenters. The zero-order chi connectivity index (χ0) is 19.1. The van der Waals surface area contributed by atoms with Crippen molar-refractivity contribution >= 4 is 49.5 Å². The number of aromatic nitrogens is 3. The number of nitrogens with zero attached hydrogens (tertiary/aromatic N) is 3. The number of thioether (sulfide) groups is 1. The number of carbonyl (C=O) groups excluding carboxylic acids is 1. The van der Waals surface area contributed by atoms with Crippen molar-refractivity contribution < 1.29 is 9.53 Å². The van der Waals surface area contributed by atoms with Crippen molar-refractivity contribution in [3.8, 4) is 11.3 Å². The number of aryl methyl sites for hydroxylation is 1. The summed E-state index contributed by atoms with van der Waals surface area (Å²) in [7, 11) is 1.40. The molecule has 1 aliphatic rings. The van der Waals surface area contributed by atoms with Gasteiger partial charge in [-0.3, -0.25) is 4.79 Å². The molecule has 7 heteroatoms. The predicted octanol–water partition coefficient (Wildman–Crippen LogP) is 4.66. The Balaban J connectivity index is 1.72. The van der Waals surface area contributed by atoms with Crippen LogP contribution in [0, 0.1) is 0 Å². The second-order valence-electron chi connectivity index (χ2n) is 6.64. The maximum Gasteiger partial charge on any atom is 0.316 e. The molecule has 0 aliphatic heterocycles. The van der Waals surface area contributed by atoms with Crippen LogP contribution in [-0.2, 0) is 22.4 Å². The molecule has 0 saturated carbocycles. The molecule has 140 valence electrons. The summed E-state index contributed by atoms with van der Waals surface area (Å²) >= 11 is 3.00. The number of hydrogen-bond acceptors (Lipinski definition) is 7. The van der Waals surface area contributed by atoms with E-state index in [9.17, 15) is 4.79 Å². The minimum Gasteiger partial charge on any atom is -0.468 e. The fraction of sp³-hybridized carbons (Fsp3) is 0.238. The van der Waals surface area contributed by atoms with E-state index in [-0.39, 0.29) is 11.7 Å². The first-order chi connectivity index (χ1) is 13.8. The third kappa shape index (κ3) is 2.86. The summed E-state index contributed by atoms with van der Waals surface area (Å²) in [5.41, 5.74) is 5.92. The molecule has 0 fully saturated rings. The highest BCUT2D eigenvalue weighted by molar-refractivity contribution is 8.00. The molecule has 0 amide bonds. The number of methoxy groups -OCH3 is 1. The summed E-state index contributed by atoms with van der Waals surface area (Å²) in [6.07, 6.45) is 4.83. The van der Waals surface area contributed by atoms with Gasteiger partial charge in [-0.2, -0.15) is 0 Å². The van der Waals surface area contributed by atoms with Gasteiger partial charge in [0.1, 0.15) is 16.2 Å². The van der Waals surface area contributed by atoms with Crippen LogP contribution in [0.15, 0.2) is 41.7 Å². The average molecular weight is 408 g/mol. The molecule has 0 bridgehead atoms. The van der Waals surface area contributed by atoms with Gasteiger partial charge >= 0.3 is 5.97 Å². The SMILES string of the molecule is COC(=O)CSc1ncnc2c1sc1nc(-c3ccccc3)c3c(c12)CCC3. The zero-order valence-corrected chi connectivity index (χ0v) is 16.9. The van der Waals surface area contributed by atoms with E-state index >= 15 is 0 Å². The standard InChI is InChI=1S/C21H17N3O2S2/c1-26-15(25)10-27-21-19-18(22-11-23-21)16-13-8-5-9-14(13)17(24-20(16)28-19)12-6-3-2-4-7-12/h2-4,6-7,11H,5,8-10H2,1H3. The Hall–Kier alpha value is -2.51. The van der Waals surface area contributed by atoms with Gasteiger partial charge in [0.05, 0.1) is 28.8 Å². The molecule has 1 aromatic carbocycles. The summed E-state index contributed by atoms with van der Waals surface area (Å²) in [5.74, 6) is -0.0271. The smallest absolute Gasteiger partial charge is 0.316 e. The second-order valence-corrected chi connectivity index (χ2v) is 8.60. The second kappa shape index (κ2) is 7.14. The molecular formula is C21H17N3O2S2. The largest absolute Gasteiger partial charge is 0.468 e. The highest BCUT2D eigenvalue weighted by Gasteiger charge is 2.25. The van der Waals surface area contributed by atoms with Crippen LogP contribution < -0.4 is 0 Å². The number of hydrogen-bond donors (Lipinski definition) is 0. The molecule has 4 aromatic rings. The van der Waals surface area contributed by atoms with Crippen LogP contribution in [-0.4, -0.2) is 33.8 Å². The lowest BCUT2D eigenvalue weighted by Gasteiger charge is -2.09. The lowest BCUT2D eigenvalue weighted by molar-refractivity contribution is -0.137. The van der Waals surface area contributed by atoms with Gasteiger partial charge in [0.15, 0.2) is 0 Å². The Bertz CT molecular complexity index is 1200. The fourth-order valence-electron chi connectivity index (χ4n) is 3.80. The van der Waals surface area contributed by atoms with Crippen molar-refractivity contribution in [2.75, 3.05) is 12.9 Å². The first kappa shape index (κ1) is 17.6. The van der Waals surface area contributed by atoms with E-state index in [1.165, 1.54) is 30.0 Å². The number of esters is 1. The van der Waals surface area contributed by atoms with Gasteiger partial charge in [0.25, 0.3) is 0 Å². The molecule has 3 aromatic heterocycles. The number of ether oxygens (including phenoxy) is 1. The Morgan fingerprint density at radius 1 is 1.18 bits per heavy atom. The van der Waals surface area contributed by atoms with E-state index in [1.54, 1.807) is 17.7 Å². The van der Waals surface area contributed by atoms with Gasteiger partial charge in [-0.15, -0.1) is 11.3 Å². The van der Waals surface area contributed by atoms with E-state index < -0.39 is 0 Å². The fourth-order valence-corrected chi connectivity index (χ4v) is 5.87. The highest BCUT2D eigenvalue weighted by atomic mass is 32.2. The maximum absolute atomic E-state index is 11.6. The molecule has 0 saturated heterocycles. The Morgan fingerprint density at radius 2 is 2.00 bits per heavy atom. The average Bonchev–Trinajstić information content (AvgIpc) is 3.36. The lowest BCUT2D eigenvalue weighted by atomic mass is 10.0. The molecule has 28 heavy (non-hydrogen) atoms. The number of thiophene rings is 1. The Labute approximate surface area is 170 Å². The quantitative estimate of drug-likeness (QED) is 0.278. The maximum atomic E-state index is 11.6. The third-order valence-corrected chi connectivity index (χ3v) is 7.21. The zero-order valence-electron chi connectivity index (χ0n) is 15.3. The highest BCUT2D eigenvalue weighted by Crippen LogP contribution is 2.43. The van der Waals surface area contributed by atoms with Crippen molar-refractivity contribution in [2.24, 2.45) is 0 Å². The van der Waals surface area contributed by atoms with E-state index in [0.29, 0.717) is 0 Å². The number of fused-ring (bicyclic) bond motifs is 5. The van der Waals surface area contributed by atoms with Gasteiger partial charge in [0, 0.05) is 10.9 Å². The first-order valence-corrected chi connectivity index (χ1v) is 10.9. The van der Waals surface area contributed by atoms with Crippen LogP contribution in [0.5, 0.6) is 0 Å². The molecular weight excluding hydrogens is 390 g/mol. The third-order valence-electron chi connectivity index (χ3n) is 5.04. The molecule has 0 spiro atoms. The molecule has 0 unspecified atom stereocenters. The molecule has 0 N–H and O–H groups in total. The van der Waals surface area contributed by atoms with Crippen LogP contribution >= 0.6 is 23.1 Å². The summed E-state index contributed by atoms with van der Waals surface area (Å²) in [5, 5.41) is 1.97. The summed E-state index contributed by atoms with van der Waals surface area (Å²) < 4.78 is 5.75. The van der Waals surface area contributed by atoms with Gasteiger partial charge in [-0.25, -0.2) is 15.0 Å². The van der Waals surface area contributed by atoms with Gasteiger partial charge in [-0.1, -0.05) is 42.1 Å². The summed E-state index contributed by atoms with van der Waals surface area (Å²) in [6.45, 7) is 0. The molecule has 3 heterocycles. The summed E-state index contributed by atoms with van der Waals surface area (Å²) in [6, 6.07) is 10.4. The van der Waals surface area contributed by atoms with Crippen LogP contribution in [0.1, 0.15) is 17.5 Å². The lowest BCUT2D eigenvalue weighted by Crippen LogP contribution is -2.03. The van der Waals surface area contributed by atoms with Gasteiger partial charge < -0.3 is 4.74 Å². The topological polar surface area (TPSA) is 65.0 Å². The summed E-state index contributed by atoms with van der Waals surface area (Å²) in [4.78, 5) is 26.6. The van der Waals surface area contributed by atoms with Crippen LogP contribution in [0.3, 0.4) is 0 Å². The first-order valence-electron chi connectivity index (χ1n) is 9.10. The number of pyridine rings is 1. The molecule has 5 rings (SSSR count). The van der Waals surface area contributed by atoms with Crippen molar-refractivity contribution in [1.29, 1.82) is 0 Å². The van der Waals surface area contributed by atoms with Crippen LogP contribution in [0.2, 0.25) is 0 Å². The predicted molar refractivity (Wildman–Crippen MR) is 113 cm³/mol. The van der Waals surface area contributed by atoms with E-state index in [2.05, 4.69) is 34.2 Å². The van der Waals surface area contributed by atoms with E-state index in [0.717, 1.165) is 56.0 Å². The van der Waals surface area contributed by atoms with Crippen molar-refractivity contribution in [3.63, 3.8) is 0 Å². The van der Waals surface area contributed by atoms with Gasteiger partial charge in [0.2, 0.25) is 0 Å². The van der Waals surface area contributed by atoms with Crippen molar-refractivity contribution in [2.45, 2.75) is 24.3 Å². The number of rotatable bonds is 4. The molecule has 1 aliphatic carbocycles. The van der Waals surface area contributed by atoms with Crippen LogP contribution in [0.25, 0.3) is 31.7 Å². The number of carbonyl (C=O) groups is 1. The van der Waals surface area contributed by atoms with E-state index in [1.807, 2.05) is 6.07 Å². The minimum absolute atomic E-state index is 0.234. The van der Waals surface area contributed by atoms with E-state index in [4.69, 9.17) is 9.72 Å². The molecule has 0 radical (unpaired) electrons. The van der Waals surface area contributed by atoms with Gasteiger partial charge in [-0.05, 0) is 30.4 Å². The minimum atomic E-state index is -0.261. The number of benzene rings is 1. The van der Waals surface area contributed by atoms with Crippen molar-refractivity contribution in [3.05, 3.63) is 47.8 Å². The monoisotopic (exact) mass is 407 g/mol. The van der Waals surface area contributed by atoms with Crippen LogP contribution in [0.4, 0.5) is 0 Å². The Morgan fingerprint density at radius 3 is 2.82 bits per heavy atom. The molecule has 5 nitrogen and oxygen atoms in total. The normalized spacial score (nSPS) is 13.2.